The summed E-state index contributed by atoms with van der Waals surface area (Å²) in [5.74, 6) is -1.43. The molecule has 0 aromatic heterocycles. The van der Waals surface area contributed by atoms with Crippen LogP contribution < -0.4 is 10.6 Å². The number of hydrogen-bond donors (Lipinski definition) is 3. The van der Waals surface area contributed by atoms with Gasteiger partial charge in [-0.2, -0.15) is 0 Å². The maximum Gasteiger partial charge on any atom is 0.326 e. The number of carboxylic acids is 1. The number of anilines is 2. The fourth-order valence-corrected chi connectivity index (χ4v) is 3.10. The summed E-state index contributed by atoms with van der Waals surface area (Å²) in [5.41, 5.74) is 1.52. The highest BCUT2D eigenvalue weighted by molar-refractivity contribution is 6.01. The molecule has 2 atom stereocenters. The third kappa shape index (κ3) is 4.47. The van der Waals surface area contributed by atoms with E-state index in [9.17, 15) is 19.5 Å². The van der Waals surface area contributed by atoms with E-state index in [0.29, 0.717) is 16.9 Å². The number of nitrogens with zero attached hydrogens (tertiary/aromatic N) is 1. The lowest BCUT2D eigenvalue weighted by Gasteiger charge is -2.21. The van der Waals surface area contributed by atoms with Gasteiger partial charge in [0.2, 0.25) is 0 Å². The zero-order chi connectivity index (χ0) is 20.1. The second-order valence-electron chi connectivity index (χ2n) is 6.43. The van der Waals surface area contributed by atoms with Crippen LogP contribution in [-0.4, -0.2) is 53.7 Å². The lowest BCUT2D eigenvalue weighted by atomic mass is 10.1. The van der Waals surface area contributed by atoms with Gasteiger partial charge in [-0.05, 0) is 36.4 Å². The molecule has 3 amide bonds. The summed E-state index contributed by atoms with van der Waals surface area (Å²) in [6.07, 6.45) is -0.0377. The minimum Gasteiger partial charge on any atom is -0.480 e. The highest BCUT2D eigenvalue weighted by atomic mass is 16.5. The Labute approximate surface area is 162 Å². The van der Waals surface area contributed by atoms with Crippen LogP contribution in [0.2, 0.25) is 0 Å². The fourth-order valence-electron chi connectivity index (χ4n) is 3.10. The first-order valence-corrected chi connectivity index (χ1v) is 8.77. The van der Waals surface area contributed by atoms with Crippen LogP contribution in [0.4, 0.5) is 16.2 Å². The Kier molecular flexibility index (Phi) is 5.90. The molecule has 28 heavy (non-hydrogen) atoms. The van der Waals surface area contributed by atoms with Crippen LogP contribution in [0.5, 0.6) is 0 Å². The van der Waals surface area contributed by atoms with Crippen molar-refractivity contribution >= 4 is 29.3 Å². The molecule has 0 bridgehead atoms. The number of carbonyl (C=O) groups is 3. The average Bonchev–Trinajstić information content (AvgIpc) is 3.13. The maximum atomic E-state index is 12.7. The molecule has 0 spiro atoms. The molecule has 0 saturated carbocycles. The first kappa shape index (κ1) is 19.4. The quantitative estimate of drug-likeness (QED) is 0.736. The predicted molar refractivity (Wildman–Crippen MR) is 103 cm³/mol. The number of amides is 3. The number of methoxy groups -OCH3 is 1. The van der Waals surface area contributed by atoms with Gasteiger partial charge in [-0.3, -0.25) is 4.79 Å². The van der Waals surface area contributed by atoms with E-state index >= 15 is 0 Å². The smallest absolute Gasteiger partial charge is 0.326 e. The number of ether oxygens (including phenoxy) is 1. The Balaban J connectivity index is 1.64. The number of aliphatic carboxylic acids is 1. The highest BCUT2D eigenvalue weighted by Crippen LogP contribution is 2.23. The van der Waals surface area contributed by atoms with Crippen LogP contribution in [-0.2, 0) is 9.53 Å². The number of carbonyl (C=O) groups excluding carboxylic acids is 2. The second-order valence-corrected chi connectivity index (χ2v) is 6.43. The first-order valence-electron chi connectivity index (χ1n) is 8.77. The fraction of sp³-hybridized carbons (Fsp3) is 0.250. The van der Waals surface area contributed by atoms with E-state index in [1.807, 2.05) is 18.2 Å². The van der Waals surface area contributed by atoms with Crippen molar-refractivity contribution in [1.29, 1.82) is 0 Å². The lowest BCUT2D eigenvalue weighted by Crippen LogP contribution is -2.40. The molecular formula is C20H21N3O5. The van der Waals surface area contributed by atoms with Crippen LogP contribution in [0, 0.1) is 0 Å². The average molecular weight is 383 g/mol. The van der Waals surface area contributed by atoms with Crippen molar-refractivity contribution in [3.8, 4) is 0 Å². The number of benzene rings is 2. The summed E-state index contributed by atoms with van der Waals surface area (Å²) >= 11 is 0. The molecule has 2 unspecified atom stereocenters. The molecule has 2 aromatic carbocycles. The summed E-state index contributed by atoms with van der Waals surface area (Å²) in [5, 5.41) is 14.7. The summed E-state index contributed by atoms with van der Waals surface area (Å²) in [4.78, 5) is 37.5. The van der Waals surface area contributed by atoms with Gasteiger partial charge in [-0.25, -0.2) is 9.59 Å². The Morgan fingerprint density at radius 2 is 1.61 bits per heavy atom. The lowest BCUT2D eigenvalue weighted by molar-refractivity contribution is -0.141. The molecular weight excluding hydrogens is 362 g/mol. The van der Waals surface area contributed by atoms with Crippen LogP contribution >= 0.6 is 0 Å². The normalized spacial score (nSPS) is 18.5. The molecule has 1 aliphatic rings. The molecule has 3 N–H and O–H groups in total. The topological polar surface area (TPSA) is 108 Å². The van der Waals surface area contributed by atoms with Crippen LogP contribution in [0.3, 0.4) is 0 Å². The molecule has 0 radical (unpaired) electrons. The third-order valence-corrected chi connectivity index (χ3v) is 4.56. The predicted octanol–water partition coefficient (Wildman–Crippen LogP) is 2.64. The largest absolute Gasteiger partial charge is 0.480 e. The SMILES string of the molecule is COC1CC(C(=O)O)N(C(=O)c2ccc(NC(=O)Nc3ccccc3)cc2)C1. The van der Waals surface area contributed by atoms with Crippen LogP contribution in [0.1, 0.15) is 16.8 Å². The Bertz CT molecular complexity index is 854. The van der Waals surface area contributed by atoms with Gasteiger partial charge in [-0.15, -0.1) is 0 Å². The monoisotopic (exact) mass is 383 g/mol. The zero-order valence-corrected chi connectivity index (χ0v) is 15.3. The van der Waals surface area contributed by atoms with Crippen molar-refractivity contribution in [1.82, 2.24) is 4.90 Å². The number of urea groups is 1. The minimum atomic E-state index is -1.05. The van der Waals surface area contributed by atoms with Gasteiger partial charge in [0.1, 0.15) is 6.04 Å². The number of likely N-dealkylation sites (tertiary alicyclic amines) is 1. The van der Waals surface area contributed by atoms with E-state index in [1.165, 1.54) is 12.0 Å². The Hall–Kier alpha value is -3.39. The highest BCUT2D eigenvalue weighted by Gasteiger charge is 2.40. The molecule has 8 heteroatoms. The van der Waals surface area contributed by atoms with Gasteiger partial charge in [0, 0.05) is 37.0 Å². The van der Waals surface area contributed by atoms with E-state index in [2.05, 4.69) is 10.6 Å². The van der Waals surface area contributed by atoms with Gasteiger partial charge < -0.3 is 25.4 Å². The van der Waals surface area contributed by atoms with Crippen molar-refractivity contribution in [2.24, 2.45) is 0 Å². The first-order chi connectivity index (χ1) is 13.5. The molecule has 3 rings (SSSR count). The molecule has 8 nitrogen and oxygen atoms in total. The second kappa shape index (κ2) is 8.53. The summed E-state index contributed by atoms with van der Waals surface area (Å²) in [6.45, 7) is 0.228. The van der Waals surface area contributed by atoms with Crippen LogP contribution in [0.15, 0.2) is 54.6 Å². The van der Waals surface area contributed by atoms with E-state index < -0.39 is 18.0 Å². The van der Waals surface area contributed by atoms with Gasteiger partial charge in [0.05, 0.1) is 6.10 Å². The molecule has 1 fully saturated rings. The van der Waals surface area contributed by atoms with Gasteiger partial charge >= 0.3 is 12.0 Å². The standard InChI is InChI=1S/C20H21N3O5/c1-28-16-11-17(19(25)26)23(12-16)18(24)13-7-9-15(10-8-13)22-20(27)21-14-5-3-2-4-6-14/h2-10,16-17H,11-12H2,1H3,(H,25,26)(H2,21,22,27). The molecule has 0 aliphatic carbocycles. The zero-order valence-electron chi connectivity index (χ0n) is 15.3. The summed E-state index contributed by atoms with van der Waals surface area (Å²) in [7, 11) is 1.50. The van der Waals surface area contributed by atoms with Gasteiger partial charge in [-0.1, -0.05) is 18.2 Å². The van der Waals surface area contributed by atoms with Gasteiger partial charge in [0.25, 0.3) is 5.91 Å². The van der Waals surface area contributed by atoms with Crippen molar-refractivity contribution in [2.75, 3.05) is 24.3 Å². The summed E-state index contributed by atoms with van der Waals surface area (Å²) in [6, 6.07) is 14.0. The Morgan fingerprint density at radius 3 is 2.18 bits per heavy atom. The van der Waals surface area contributed by atoms with Crippen molar-refractivity contribution in [3.05, 3.63) is 60.2 Å². The number of rotatable bonds is 5. The van der Waals surface area contributed by atoms with E-state index in [0.717, 1.165) is 0 Å². The van der Waals surface area contributed by atoms with E-state index in [1.54, 1.807) is 36.4 Å². The Morgan fingerprint density at radius 1 is 1.00 bits per heavy atom. The minimum absolute atomic E-state index is 0.228. The number of carboxylic acid groups (broad SMARTS) is 1. The van der Waals surface area contributed by atoms with E-state index in [4.69, 9.17) is 4.74 Å². The molecule has 146 valence electrons. The number of hydrogen-bond acceptors (Lipinski definition) is 4. The van der Waals surface area contributed by atoms with Crippen molar-refractivity contribution < 1.29 is 24.2 Å². The van der Waals surface area contributed by atoms with Gasteiger partial charge in [0.15, 0.2) is 0 Å². The number of para-hydroxylation sites is 1. The van der Waals surface area contributed by atoms with Crippen LogP contribution in [0.25, 0.3) is 0 Å². The molecule has 1 saturated heterocycles. The van der Waals surface area contributed by atoms with E-state index in [-0.39, 0.29) is 25.0 Å². The third-order valence-electron chi connectivity index (χ3n) is 4.56. The number of nitrogens with one attached hydrogen (secondary N) is 2. The molecule has 1 heterocycles. The summed E-state index contributed by atoms with van der Waals surface area (Å²) < 4.78 is 5.21. The van der Waals surface area contributed by atoms with Crippen molar-refractivity contribution in [3.63, 3.8) is 0 Å². The molecule has 1 aliphatic heterocycles. The molecule has 2 aromatic rings. The van der Waals surface area contributed by atoms with Crippen molar-refractivity contribution in [2.45, 2.75) is 18.6 Å². The maximum absolute atomic E-state index is 12.7.